The van der Waals surface area contributed by atoms with E-state index in [2.05, 4.69) is 4.98 Å². The van der Waals surface area contributed by atoms with E-state index in [1.165, 1.54) is 11.3 Å². The molecule has 3 N–H and O–H groups in total. The van der Waals surface area contributed by atoms with Gasteiger partial charge in [0, 0.05) is 4.88 Å². The lowest BCUT2D eigenvalue weighted by Gasteiger charge is -1.93. The van der Waals surface area contributed by atoms with Crippen LogP contribution in [0.25, 0.3) is 0 Å². The lowest BCUT2D eigenvalue weighted by molar-refractivity contribution is 0.0948. The number of nitrogens with zero attached hydrogens (tertiary/aromatic N) is 1. The van der Waals surface area contributed by atoms with Crippen LogP contribution >= 0.6 is 11.3 Å². The van der Waals surface area contributed by atoms with E-state index in [1.54, 1.807) is 0 Å². The molecule has 0 saturated carbocycles. The summed E-state index contributed by atoms with van der Waals surface area (Å²) < 4.78 is 0. The second kappa shape index (κ2) is 2.98. The first-order valence-corrected chi connectivity index (χ1v) is 3.91. The van der Waals surface area contributed by atoms with E-state index >= 15 is 0 Å². The maximum absolute atomic E-state index is 11.0. The molecule has 0 radical (unpaired) electrons. The minimum absolute atomic E-state index is 0.327. The first-order valence-electron chi connectivity index (χ1n) is 3.10. The monoisotopic (exact) mass is 171 g/mol. The molecule has 4 nitrogen and oxygen atoms in total. The molecule has 0 spiro atoms. The molecule has 0 fully saturated rings. The molecule has 11 heavy (non-hydrogen) atoms. The van der Waals surface area contributed by atoms with Gasteiger partial charge in [0.1, 0.15) is 5.69 Å². The zero-order chi connectivity index (χ0) is 8.43. The van der Waals surface area contributed by atoms with Crippen LogP contribution in [0.3, 0.4) is 0 Å². The van der Waals surface area contributed by atoms with Gasteiger partial charge >= 0.3 is 0 Å². The number of carbonyl (C=O) groups excluding carboxylic acids is 1. The van der Waals surface area contributed by atoms with Crippen LogP contribution in [0.5, 0.6) is 0 Å². The third kappa shape index (κ3) is 1.55. The Morgan fingerprint density at radius 2 is 2.27 bits per heavy atom. The van der Waals surface area contributed by atoms with Crippen molar-refractivity contribution in [1.82, 2.24) is 10.4 Å². The highest BCUT2D eigenvalue weighted by molar-refractivity contribution is 7.11. The maximum Gasteiger partial charge on any atom is 0.284 e. The summed E-state index contributed by atoms with van der Waals surface area (Å²) >= 11 is 1.49. The highest BCUT2D eigenvalue weighted by Crippen LogP contribution is 2.15. The zero-order valence-electron chi connectivity index (χ0n) is 6.34. The number of carbonyl (C=O) groups is 1. The van der Waals surface area contributed by atoms with E-state index in [0.717, 1.165) is 9.88 Å². The Bertz CT molecular complexity index is 281. The topological polar surface area (TPSA) is 68.0 Å². The van der Waals surface area contributed by atoms with Crippen molar-refractivity contribution < 1.29 is 4.79 Å². The van der Waals surface area contributed by atoms with E-state index < -0.39 is 0 Å². The Morgan fingerprint density at radius 3 is 2.64 bits per heavy atom. The van der Waals surface area contributed by atoms with Crippen LogP contribution in [0, 0.1) is 13.8 Å². The second-order valence-corrected chi connectivity index (χ2v) is 3.52. The Morgan fingerprint density at radius 1 is 1.64 bits per heavy atom. The number of nitrogens with one attached hydrogen (secondary N) is 1. The summed E-state index contributed by atoms with van der Waals surface area (Å²) in [6.45, 7) is 3.69. The van der Waals surface area contributed by atoms with Crippen LogP contribution in [0.2, 0.25) is 0 Å². The predicted octanol–water partition coefficient (Wildman–Crippen LogP) is 0.363. The molecule has 5 heteroatoms. The number of nitrogens with two attached hydrogens (primary N) is 1. The van der Waals surface area contributed by atoms with E-state index in [4.69, 9.17) is 5.84 Å². The van der Waals surface area contributed by atoms with Crippen LogP contribution in [-0.2, 0) is 0 Å². The molecule has 0 aromatic carbocycles. The fourth-order valence-corrected chi connectivity index (χ4v) is 1.62. The molecule has 0 aliphatic rings. The fourth-order valence-electron chi connectivity index (χ4n) is 0.808. The largest absolute Gasteiger partial charge is 0.289 e. The molecule has 0 saturated heterocycles. The van der Waals surface area contributed by atoms with Crippen LogP contribution < -0.4 is 11.3 Å². The summed E-state index contributed by atoms with van der Waals surface area (Å²) in [7, 11) is 0. The van der Waals surface area contributed by atoms with Crippen molar-refractivity contribution in [3.05, 3.63) is 15.6 Å². The lowest BCUT2D eigenvalue weighted by Crippen LogP contribution is -2.30. The van der Waals surface area contributed by atoms with Gasteiger partial charge in [-0.1, -0.05) is 0 Å². The molecule has 0 aliphatic carbocycles. The van der Waals surface area contributed by atoms with Crippen LogP contribution in [-0.4, -0.2) is 10.9 Å². The number of aromatic nitrogens is 1. The number of hydrogen-bond acceptors (Lipinski definition) is 4. The molecule has 1 heterocycles. The minimum Gasteiger partial charge on any atom is -0.289 e. The van der Waals surface area contributed by atoms with E-state index in [0.29, 0.717) is 5.69 Å². The van der Waals surface area contributed by atoms with E-state index in [-0.39, 0.29) is 5.91 Å². The van der Waals surface area contributed by atoms with Gasteiger partial charge in [0.05, 0.1) is 5.01 Å². The average molecular weight is 171 g/mol. The first kappa shape index (κ1) is 8.16. The number of rotatable bonds is 1. The molecule has 0 unspecified atom stereocenters. The van der Waals surface area contributed by atoms with Crippen LogP contribution in [0.15, 0.2) is 0 Å². The Balaban J connectivity index is 3.03. The molecule has 1 aromatic rings. The number of thiazole rings is 1. The maximum atomic E-state index is 11.0. The third-order valence-electron chi connectivity index (χ3n) is 1.25. The molecule has 0 bridgehead atoms. The van der Waals surface area contributed by atoms with E-state index in [1.807, 2.05) is 19.3 Å². The second-order valence-electron chi connectivity index (χ2n) is 2.11. The van der Waals surface area contributed by atoms with Gasteiger partial charge in [-0.05, 0) is 13.8 Å². The van der Waals surface area contributed by atoms with Gasteiger partial charge in [-0.15, -0.1) is 11.3 Å². The average Bonchev–Trinajstić information content (AvgIpc) is 2.28. The molecule has 1 aromatic heterocycles. The predicted molar refractivity (Wildman–Crippen MR) is 43.2 cm³/mol. The van der Waals surface area contributed by atoms with Crippen LogP contribution in [0.1, 0.15) is 20.4 Å². The number of amides is 1. The molecule has 0 aliphatic heterocycles. The van der Waals surface area contributed by atoms with Crippen molar-refractivity contribution in [1.29, 1.82) is 0 Å². The van der Waals surface area contributed by atoms with Crippen molar-refractivity contribution in [2.45, 2.75) is 13.8 Å². The minimum atomic E-state index is -0.327. The Kier molecular flexibility index (Phi) is 2.21. The van der Waals surface area contributed by atoms with Gasteiger partial charge in [-0.3, -0.25) is 10.2 Å². The summed E-state index contributed by atoms with van der Waals surface area (Å²) in [5.41, 5.74) is 2.47. The van der Waals surface area contributed by atoms with Gasteiger partial charge in [-0.2, -0.15) is 0 Å². The van der Waals surface area contributed by atoms with Gasteiger partial charge in [0.2, 0.25) is 0 Å². The summed E-state index contributed by atoms with van der Waals surface area (Å²) in [6, 6.07) is 0. The molecule has 1 amide bonds. The molecule has 1 rings (SSSR count). The van der Waals surface area contributed by atoms with Crippen molar-refractivity contribution in [2.24, 2.45) is 5.84 Å². The zero-order valence-corrected chi connectivity index (χ0v) is 7.16. The summed E-state index contributed by atoms with van der Waals surface area (Å²) in [5.74, 6) is 4.62. The van der Waals surface area contributed by atoms with E-state index in [9.17, 15) is 4.79 Å². The number of hydrogen-bond donors (Lipinski definition) is 2. The van der Waals surface area contributed by atoms with Crippen molar-refractivity contribution in [3.8, 4) is 0 Å². The summed E-state index contributed by atoms with van der Waals surface area (Å²) in [6.07, 6.45) is 0. The number of aryl methyl sites for hydroxylation is 2. The van der Waals surface area contributed by atoms with Crippen molar-refractivity contribution in [2.75, 3.05) is 0 Å². The quantitative estimate of drug-likeness (QED) is 0.364. The Labute approximate surface area is 68.4 Å². The molecular formula is C6H9N3OS. The summed E-state index contributed by atoms with van der Waals surface area (Å²) in [5, 5.41) is 0.876. The highest BCUT2D eigenvalue weighted by Gasteiger charge is 2.11. The third-order valence-corrected chi connectivity index (χ3v) is 2.14. The normalized spacial score (nSPS) is 9.73. The van der Waals surface area contributed by atoms with Gasteiger partial charge < -0.3 is 0 Å². The van der Waals surface area contributed by atoms with Crippen molar-refractivity contribution in [3.63, 3.8) is 0 Å². The van der Waals surface area contributed by atoms with Gasteiger partial charge in [0.15, 0.2) is 0 Å². The highest BCUT2D eigenvalue weighted by atomic mass is 32.1. The molecule has 0 atom stereocenters. The van der Waals surface area contributed by atoms with Gasteiger partial charge in [0.25, 0.3) is 5.91 Å². The summed E-state index contributed by atoms with van der Waals surface area (Å²) in [4.78, 5) is 15.9. The number of hydrazine groups is 1. The first-order chi connectivity index (χ1) is 5.15. The lowest BCUT2D eigenvalue weighted by atomic mass is 10.4. The van der Waals surface area contributed by atoms with Gasteiger partial charge in [-0.25, -0.2) is 10.8 Å². The fraction of sp³-hybridized carbons (Fsp3) is 0.333. The molecule has 60 valence electrons. The van der Waals surface area contributed by atoms with Crippen LogP contribution in [0.4, 0.5) is 0 Å². The smallest absolute Gasteiger partial charge is 0.284 e. The number of nitrogen functional groups attached to an aromatic ring is 1. The molecular weight excluding hydrogens is 162 g/mol. The SMILES string of the molecule is Cc1nc(C(=O)NN)c(C)s1. The Hall–Kier alpha value is -0.940. The van der Waals surface area contributed by atoms with Crippen molar-refractivity contribution >= 4 is 17.2 Å². The standard InChI is InChI=1S/C6H9N3OS/c1-3-5(6(10)9-7)8-4(2)11-3/h7H2,1-2H3,(H,9,10).